The molecule has 0 spiro atoms. The lowest BCUT2D eigenvalue weighted by Crippen LogP contribution is -2.27. The van der Waals surface area contributed by atoms with Crippen LogP contribution in [0.2, 0.25) is 0 Å². The van der Waals surface area contributed by atoms with Gasteiger partial charge in [0.15, 0.2) is 0 Å². The van der Waals surface area contributed by atoms with Gasteiger partial charge in [-0.25, -0.2) is 5.32 Å². The second-order valence-electron chi connectivity index (χ2n) is 2.42. The van der Waals surface area contributed by atoms with E-state index in [-0.39, 0.29) is 0 Å². The Bertz CT molecular complexity index is 72.9. The van der Waals surface area contributed by atoms with Crippen LogP contribution in [0.15, 0.2) is 0 Å². The van der Waals surface area contributed by atoms with Crippen molar-refractivity contribution in [3.63, 3.8) is 0 Å². The molecule has 1 heterocycles. The molecule has 0 aromatic heterocycles. The van der Waals surface area contributed by atoms with Gasteiger partial charge in [0.2, 0.25) is 0 Å². The third-order valence-corrected chi connectivity index (χ3v) is 1.83. The second kappa shape index (κ2) is 2.46. The zero-order valence-electron chi connectivity index (χ0n) is 5.30. The summed E-state index contributed by atoms with van der Waals surface area (Å²) >= 11 is 0. The van der Waals surface area contributed by atoms with Crippen LogP contribution in [0.4, 0.5) is 0 Å². The quantitative estimate of drug-likeness (QED) is 0.509. The van der Waals surface area contributed by atoms with Crippen molar-refractivity contribution in [3.05, 3.63) is 0 Å². The van der Waals surface area contributed by atoms with Gasteiger partial charge in [0.05, 0.1) is 0 Å². The molecular weight excluding hydrogens is 100 g/mol. The Kier molecular flexibility index (Phi) is 1.86. The Morgan fingerprint density at radius 2 is 2.38 bits per heavy atom. The molecule has 2 unspecified atom stereocenters. The minimum absolute atomic E-state index is 0.361. The van der Waals surface area contributed by atoms with Crippen molar-refractivity contribution in [2.24, 2.45) is 11.7 Å². The van der Waals surface area contributed by atoms with Crippen LogP contribution < -0.4 is 11.1 Å². The largest absolute Gasteiger partial charge is 0.326 e. The van der Waals surface area contributed by atoms with Crippen LogP contribution >= 0.6 is 0 Å². The van der Waals surface area contributed by atoms with Crippen LogP contribution in [0.3, 0.4) is 0 Å². The maximum Gasteiger partial charge on any atom is 0.0288 e. The van der Waals surface area contributed by atoms with E-state index in [1.807, 2.05) is 0 Å². The van der Waals surface area contributed by atoms with Crippen LogP contribution in [0.25, 0.3) is 0 Å². The van der Waals surface area contributed by atoms with Gasteiger partial charge in [0.25, 0.3) is 0 Å². The summed E-state index contributed by atoms with van der Waals surface area (Å²) in [5.74, 6) is 0.676. The third kappa shape index (κ3) is 1.01. The van der Waals surface area contributed by atoms with Crippen molar-refractivity contribution in [2.75, 3.05) is 13.1 Å². The number of rotatable bonds is 1. The van der Waals surface area contributed by atoms with Gasteiger partial charge >= 0.3 is 0 Å². The Labute approximate surface area is 50.4 Å². The highest BCUT2D eigenvalue weighted by Gasteiger charge is 2.21. The van der Waals surface area contributed by atoms with Gasteiger partial charge < -0.3 is 5.73 Å². The number of nitrogens with two attached hydrogens (primary N) is 1. The van der Waals surface area contributed by atoms with E-state index in [1.165, 1.54) is 6.42 Å². The van der Waals surface area contributed by atoms with E-state index in [9.17, 15) is 0 Å². The summed E-state index contributed by atoms with van der Waals surface area (Å²) in [6.07, 6.45) is 1.19. The fourth-order valence-corrected chi connectivity index (χ4v) is 1.11. The Morgan fingerprint density at radius 1 is 1.62 bits per heavy atom. The van der Waals surface area contributed by atoms with Crippen LogP contribution in [0.1, 0.15) is 13.3 Å². The van der Waals surface area contributed by atoms with E-state index in [2.05, 4.69) is 12.2 Å². The molecule has 1 saturated heterocycles. The van der Waals surface area contributed by atoms with Gasteiger partial charge in [-0.2, -0.15) is 0 Å². The Balaban J connectivity index is 2.30. The van der Waals surface area contributed by atoms with Crippen molar-refractivity contribution in [2.45, 2.75) is 19.4 Å². The normalized spacial score (nSPS) is 38.2. The van der Waals surface area contributed by atoms with Crippen molar-refractivity contribution in [1.82, 2.24) is 5.32 Å². The zero-order valence-corrected chi connectivity index (χ0v) is 5.30. The molecule has 8 heavy (non-hydrogen) atoms. The maximum atomic E-state index is 5.70. The molecule has 2 N–H and O–H groups in total. The molecule has 1 radical (unpaired) electrons. The highest BCUT2D eigenvalue weighted by atomic mass is 15.0. The van der Waals surface area contributed by atoms with Gasteiger partial charge in [-0.1, -0.05) is 13.3 Å². The average Bonchev–Trinajstić information content (AvgIpc) is 2.14. The monoisotopic (exact) mass is 113 g/mol. The van der Waals surface area contributed by atoms with E-state index in [4.69, 9.17) is 5.73 Å². The number of nitrogens with zero attached hydrogens (tertiary/aromatic N) is 1. The molecule has 0 saturated carbocycles. The highest BCUT2D eigenvalue weighted by molar-refractivity contribution is 4.81. The molecule has 1 fully saturated rings. The summed E-state index contributed by atoms with van der Waals surface area (Å²) < 4.78 is 0. The number of hydrogen-bond acceptors (Lipinski definition) is 1. The molecule has 0 amide bonds. The average molecular weight is 113 g/mol. The first-order chi connectivity index (χ1) is 3.84. The van der Waals surface area contributed by atoms with Crippen LogP contribution in [-0.2, 0) is 0 Å². The Morgan fingerprint density at radius 3 is 2.62 bits per heavy atom. The molecule has 2 heteroatoms. The van der Waals surface area contributed by atoms with Crippen LogP contribution in [0.5, 0.6) is 0 Å². The van der Waals surface area contributed by atoms with Gasteiger partial charge in [-0.15, -0.1) is 0 Å². The van der Waals surface area contributed by atoms with Crippen molar-refractivity contribution >= 4 is 0 Å². The lowest BCUT2D eigenvalue weighted by molar-refractivity contribution is 0.499. The molecule has 0 aromatic rings. The summed E-state index contributed by atoms with van der Waals surface area (Å²) in [6, 6.07) is 0.361. The minimum atomic E-state index is 0.361. The maximum absolute atomic E-state index is 5.70. The van der Waals surface area contributed by atoms with Gasteiger partial charge in [0, 0.05) is 19.1 Å². The lowest BCUT2D eigenvalue weighted by atomic mass is 10.0. The van der Waals surface area contributed by atoms with E-state index in [0.29, 0.717) is 12.0 Å². The van der Waals surface area contributed by atoms with Crippen LogP contribution in [-0.4, -0.2) is 19.1 Å². The first-order valence-corrected chi connectivity index (χ1v) is 3.23. The zero-order chi connectivity index (χ0) is 5.98. The van der Waals surface area contributed by atoms with E-state index in [0.717, 1.165) is 13.1 Å². The van der Waals surface area contributed by atoms with Gasteiger partial charge in [-0.05, 0) is 5.92 Å². The topological polar surface area (TPSA) is 40.1 Å². The predicted octanol–water partition coefficient (Wildman–Crippen LogP) is -0.0421. The molecule has 47 valence electrons. The summed E-state index contributed by atoms with van der Waals surface area (Å²) in [5, 5.41) is 4.19. The smallest absolute Gasteiger partial charge is 0.0288 e. The van der Waals surface area contributed by atoms with E-state index >= 15 is 0 Å². The summed E-state index contributed by atoms with van der Waals surface area (Å²) in [7, 11) is 0. The van der Waals surface area contributed by atoms with Crippen molar-refractivity contribution < 1.29 is 0 Å². The third-order valence-electron chi connectivity index (χ3n) is 1.83. The summed E-state index contributed by atoms with van der Waals surface area (Å²) in [4.78, 5) is 0. The van der Waals surface area contributed by atoms with Crippen molar-refractivity contribution in [3.8, 4) is 0 Å². The molecule has 0 aliphatic carbocycles. The molecule has 2 nitrogen and oxygen atoms in total. The number of hydrogen-bond donors (Lipinski definition) is 1. The van der Waals surface area contributed by atoms with Crippen LogP contribution in [0, 0.1) is 5.92 Å². The minimum Gasteiger partial charge on any atom is -0.326 e. The van der Waals surface area contributed by atoms with E-state index in [1.54, 1.807) is 0 Å². The first kappa shape index (κ1) is 6.05. The molecule has 1 aliphatic rings. The van der Waals surface area contributed by atoms with Crippen molar-refractivity contribution in [1.29, 1.82) is 0 Å². The molecule has 2 atom stereocenters. The molecule has 1 aliphatic heterocycles. The fraction of sp³-hybridized carbons (Fsp3) is 1.00. The highest BCUT2D eigenvalue weighted by Crippen LogP contribution is 2.10. The molecule has 0 aromatic carbocycles. The molecule has 0 bridgehead atoms. The standard InChI is InChI=1S/C6H13N2/c1-2-5-3-8-4-6(5)7/h5-6H,2-4,7H2,1H3. The SMILES string of the molecule is CCC1C[N]CC1N. The summed E-state index contributed by atoms with van der Waals surface area (Å²) in [5.41, 5.74) is 5.70. The first-order valence-electron chi connectivity index (χ1n) is 3.23. The summed E-state index contributed by atoms with van der Waals surface area (Å²) in [6.45, 7) is 4.06. The lowest BCUT2D eigenvalue weighted by Gasteiger charge is -2.08. The molecular formula is C6H13N2. The second-order valence-corrected chi connectivity index (χ2v) is 2.42. The Hall–Kier alpha value is -0.0800. The van der Waals surface area contributed by atoms with Gasteiger partial charge in [-0.3, -0.25) is 0 Å². The molecule has 1 rings (SSSR count). The predicted molar refractivity (Wildman–Crippen MR) is 33.6 cm³/mol. The fourth-order valence-electron chi connectivity index (χ4n) is 1.11. The van der Waals surface area contributed by atoms with Gasteiger partial charge in [0.1, 0.15) is 0 Å². The van der Waals surface area contributed by atoms with E-state index < -0.39 is 0 Å².